The molecule has 13 heavy (non-hydrogen) atoms. The van der Waals surface area contributed by atoms with Gasteiger partial charge in [0.2, 0.25) is 0 Å². The SMILES string of the molecule is CCN(C)C1=Cc2[nH]ccc2CC1. The zero-order chi connectivity index (χ0) is 9.26. The predicted molar refractivity (Wildman–Crippen MR) is 55.4 cm³/mol. The molecule has 0 saturated carbocycles. The smallest absolute Gasteiger partial charge is 0.0430 e. The monoisotopic (exact) mass is 176 g/mol. The van der Waals surface area contributed by atoms with E-state index in [4.69, 9.17) is 0 Å². The number of rotatable bonds is 2. The Morgan fingerprint density at radius 2 is 2.31 bits per heavy atom. The van der Waals surface area contributed by atoms with Crippen LogP contribution in [0.1, 0.15) is 24.6 Å². The molecule has 0 bridgehead atoms. The van der Waals surface area contributed by atoms with Crippen LogP contribution in [0.2, 0.25) is 0 Å². The Labute approximate surface area is 79.3 Å². The normalized spacial score (nSPS) is 15.1. The molecular weight excluding hydrogens is 160 g/mol. The summed E-state index contributed by atoms with van der Waals surface area (Å²) in [7, 11) is 2.15. The van der Waals surface area contributed by atoms with Gasteiger partial charge in [0.1, 0.15) is 0 Å². The maximum absolute atomic E-state index is 3.26. The number of fused-ring (bicyclic) bond motifs is 1. The van der Waals surface area contributed by atoms with Crippen molar-refractivity contribution >= 4 is 6.08 Å². The van der Waals surface area contributed by atoms with E-state index in [9.17, 15) is 0 Å². The molecule has 1 aromatic heterocycles. The summed E-state index contributed by atoms with van der Waals surface area (Å²) >= 11 is 0. The number of H-pyrrole nitrogens is 1. The number of allylic oxidation sites excluding steroid dienone is 1. The maximum Gasteiger partial charge on any atom is 0.0430 e. The van der Waals surface area contributed by atoms with Crippen molar-refractivity contribution in [2.45, 2.75) is 19.8 Å². The van der Waals surface area contributed by atoms with Crippen LogP contribution < -0.4 is 0 Å². The van der Waals surface area contributed by atoms with Gasteiger partial charge in [-0.15, -0.1) is 0 Å². The third kappa shape index (κ3) is 1.48. The van der Waals surface area contributed by atoms with Crippen LogP contribution >= 0.6 is 0 Å². The lowest BCUT2D eigenvalue weighted by Gasteiger charge is -2.23. The Balaban J connectivity index is 2.26. The van der Waals surface area contributed by atoms with Gasteiger partial charge in [0.15, 0.2) is 0 Å². The summed E-state index contributed by atoms with van der Waals surface area (Å²) in [5.41, 5.74) is 4.19. The third-order valence-corrected chi connectivity index (χ3v) is 2.80. The second-order valence-corrected chi connectivity index (χ2v) is 3.57. The molecule has 0 radical (unpaired) electrons. The number of aryl methyl sites for hydroxylation is 1. The van der Waals surface area contributed by atoms with Crippen LogP contribution in [0, 0.1) is 0 Å². The molecule has 2 nitrogen and oxygen atoms in total. The molecule has 1 aliphatic carbocycles. The van der Waals surface area contributed by atoms with Gasteiger partial charge in [-0.2, -0.15) is 0 Å². The summed E-state index contributed by atoms with van der Waals surface area (Å²) in [5.74, 6) is 0. The average molecular weight is 176 g/mol. The Bertz CT molecular complexity index is 323. The number of nitrogens with one attached hydrogen (secondary N) is 1. The first-order valence-electron chi connectivity index (χ1n) is 4.89. The van der Waals surface area contributed by atoms with Crippen LogP contribution in [0.3, 0.4) is 0 Å². The van der Waals surface area contributed by atoms with Gasteiger partial charge >= 0.3 is 0 Å². The lowest BCUT2D eigenvalue weighted by Crippen LogP contribution is -2.19. The minimum absolute atomic E-state index is 1.09. The van der Waals surface area contributed by atoms with E-state index >= 15 is 0 Å². The zero-order valence-electron chi connectivity index (χ0n) is 8.30. The molecule has 0 fully saturated rings. The maximum atomic E-state index is 3.26. The fourth-order valence-corrected chi connectivity index (χ4v) is 1.77. The lowest BCUT2D eigenvalue weighted by molar-refractivity contribution is 0.425. The van der Waals surface area contributed by atoms with Crippen molar-refractivity contribution in [2.24, 2.45) is 0 Å². The summed E-state index contributed by atoms with van der Waals surface area (Å²) < 4.78 is 0. The molecule has 70 valence electrons. The molecule has 0 unspecified atom stereocenters. The predicted octanol–water partition coefficient (Wildman–Crippen LogP) is 2.25. The first kappa shape index (κ1) is 8.42. The highest BCUT2D eigenvalue weighted by Crippen LogP contribution is 2.23. The van der Waals surface area contributed by atoms with Crippen molar-refractivity contribution < 1.29 is 0 Å². The average Bonchev–Trinajstić information content (AvgIpc) is 2.63. The van der Waals surface area contributed by atoms with Gasteiger partial charge in [-0.3, -0.25) is 0 Å². The van der Waals surface area contributed by atoms with E-state index in [2.05, 4.69) is 36.0 Å². The van der Waals surface area contributed by atoms with Gasteiger partial charge in [0.05, 0.1) is 0 Å². The van der Waals surface area contributed by atoms with Crippen LogP contribution in [-0.2, 0) is 6.42 Å². The minimum atomic E-state index is 1.09. The highest BCUT2D eigenvalue weighted by Gasteiger charge is 2.12. The highest BCUT2D eigenvalue weighted by atomic mass is 15.1. The summed E-state index contributed by atoms with van der Waals surface area (Å²) in [6.45, 7) is 3.27. The Morgan fingerprint density at radius 1 is 1.46 bits per heavy atom. The van der Waals surface area contributed by atoms with Gasteiger partial charge in [-0.1, -0.05) is 0 Å². The van der Waals surface area contributed by atoms with Gasteiger partial charge in [-0.25, -0.2) is 0 Å². The van der Waals surface area contributed by atoms with Crippen molar-refractivity contribution in [3.05, 3.63) is 29.2 Å². The topological polar surface area (TPSA) is 19.0 Å². The zero-order valence-corrected chi connectivity index (χ0v) is 8.30. The van der Waals surface area contributed by atoms with E-state index in [0.29, 0.717) is 0 Å². The lowest BCUT2D eigenvalue weighted by atomic mass is 10.0. The molecule has 0 atom stereocenters. The van der Waals surface area contributed by atoms with E-state index in [1.807, 2.05) is 6.20 Å². The standard InChI is InChI=1S/C11H16N2/c1-3-13(2)10-5-4-9-6-7-12-11(9)8-10/h6-8,12H,3-5H2,1-2H3. The molecule has 1 N–H and O–H groups in total. The minimum Gasteiger partial charge on any atom is -0.378 e. The number of hydrogen-bond acceptors (Lipinski definition) is 1. The Morgan fingerprint density at radius 3 is 3.08 bits per heavy atom. The van der Waals surface area contributed by atoms with Crippen LogP contribution in [0.15, 0.2) is 18.0 Å². The van der Waals surface area contributed by atoms with Crippen LogP contribution in [0.25, 0.3) is 6.08 Å². The van der Waals surface area contributed by atoms with Crippen LogP contribution in [-0.4, -0.2) is 23.5 Å². The van der Waals surface area contributed by atoms with E-state index in [0.717, 1.165) is 6.54 Å². The van der Waals surface area contributed by atoms with Crippen molar-refractivity contribution in [1.29, 1.82) is 0 Å². The number of hydrogen-bond donors (Lipinski definition) is 1. The van der Waals surface area contributed by atoms with Crippen molar-refractivity contribution in [3.8, 4) is 0 Å². The van der Waals surface area contributed by atoms with E-state index < -0.39 is 0 Å². The fourth-order valence-electron chi connectivity index (χ4n) is 1.77. The summed E-state index contributed by atoms with van der Waals surface area (Å²) in [6, 6.07) is 2.18. The van der Waals surface area contributed by atoms with Crippen LogP contribution in [0.4, 0.5) is 0 Å². The quantitative estimate of drug-likeness (QED) is 0.732. The van der Waals surface area contributed by atoms with Crippen LogP contribution in [0.5, 0.6) is 0 Å². The molecule has 1 aliphatic rings. The third-order valence-electron chi connectivity index (χ3n) is 2.80. The highest BCUT2D eigenvalue weighted by molar-refractivity contribution is 5.55. The molecule has 0 spiro atoms. The number of nitrogens with zero attached hydrogens (tertiary/aromatic N) is 1. The summed E-state index contributed by atoms with van der Waals surface area (Å²) in [5, 5.41) is 0. The first-order valence-corrected chi connectivity index (χ1v) is 4.89. The first-order chi connectivity index (χ1) is 6.31. The molecular formula is C11H16N2. The molecule has 2 rings (SSSR count). The van der Waals surface area contributed by atoms with Gasteiger partial charge < -0.3 is 9.88 Å². The van der Waals surface area contributed by atoms with Crippen molar-refractivity contribution in [3.63, 3.8) is 0 Å². The second kappa shape index (κ2) is 3.29. The van der Waals surface area contributed by atoms with Crippen molar-refractivity contribution in [2.75, 3.05) is 13.6 Å². The molecule has 0 aromatic carbocycles. The summed E-state index contributed by atoms with van der Waals surface area (Å²) in [6.07, 6.45) is 6.64. The Kier molecular flexibility index (Phi) is 2.13. The van der Waals surface area contributed by atoms with Gasteiger partial charge in [0.25, 0.3) is 0 Å². The molecule has 0 aliphatic heterocycles. The van der Waals surface area contributed by atoms with Crippen molar-refractivity contribution in [1.82, 2.24) is 9.88 Å². The molecule has 2 heteroatoms. The van der Waals surface area contributed by atoms with E-state index in [1.54, 1.807) is 0 Å². The Hall–Kier alpha value is -1.18. The molecule has 0 saturated heterocycles. The molecule has 1 heterocycles. The fraction of sp³-hybridized carbons (Fsp3) is 0.455. The number of aromatic nitrogens is 1. The van der Waals surface area contributed by atoms with Gasteiger partial charge in [0, 0.05) is 31.2 Å². The van der Waals surface area contributed by atoms with E-state index in [1.165, 1.54) is 29.8 Å². The summed E-state index contributed by atoms with van der Waals surface area (Å²) in [4.78, 5) is 5.57. The molecule has 0 amide bonds. The molecule has 1 aromatic rings. The van der Waals surface area contributed by atoms with E-state index in [-0.39, 0.29) is 0 Å². The van der Waals surface area contributed by atoms with Gasteiger partial charge in [-0.05, 0) is 37.5 Å². The second-order valence-electron chi connectivity index (χ2n) is 3.57. The number of aromatic amines is 1. The largest absolute Gasteiger partial charge is 0.378 e.